The highest BCUT2D eigenvalue weighted by atomic mass is 35.5. The number of nitrogens with one attached hydrogen (secondary N) is 1. The van der Waals surface area contributed by atoms with E-state index in [0.717, 1.165) is 11.3 Å². The minimum Gasteiger partial charge on any atom is -0.415 e. The number of aromatic nitrogens is 2. The van der Waals surface area contributed by atoms with Crippen molar-refractivity contribution in [3.05, 3.63) is 34.7 Å². The van der Waals surface area contributed by atoms with Crippen LogP contribution in [0.4, 0.5) is 5.69 Å². The molecule has 112 valence electrons. The first-order chi connectivity index (χ1) is 10.1. The molecule has 5 nitrogen and oxygen atoms in total. The lowest BCUT2D eigenvalue weighted by atomic mass is 10.2. The van der Waals surface area contributed by atoms with Gasteiger partial charge in [0.2, 0.25) is 11.8 Å². The van der Waals surface area contributed by atoms with Crippen LogP contribution < -0.4 is 5.32 Å². The standard InChI is InChI=1S/C13H14ClN3O2S2/c1-8-5-9(14)3-4-10(8)15-11(18)6-21-13-17-16-12(19-13)7-20-2/h3-5H,6-7H2,1-2H3,(H,15,18). The molecule has 0 aliphatic heterocycles. The van der Waals surface area contributed by atoms with E-state index in [1.807, 2.05) is 13.2 Å². The molecular formula is C13H14ClN3O2S2. The number of rotatable bonds is 6. The fraction of sp³-hybridized carbons (Fsp3) is 0.308. The summed E-state index contributed by atoms with van der Waals surface area (Å²) >= 11 is 8.69. The Morgan fingerprint density at radius 1 is 1.43 bits per heavy atom. The minimum atomic E-state index is -0.130. The first kappa shape index (κ1) is 16.2. The molecule has 0 aliphatic carbocycles. The van der Waals surface area contributed by atoms with E-state index in [1.54, 1.807) is 30.0 Å². The van der Waals surface area contributed by atoms with Gasteiger partial charge >= 0.3 is 0 Å². The molecule has 0 radical (unpaired) electrons. The van der Waals surface area contributed by atoms with Crippen molar-refractivity contribution in [1.82, 2.24) is 10.2 Å². The third-order valence-electron chi connectivity index (χ3n) is 2.51. The summed E-state index contributed by atoms with van der Waals surface area (Å²) in [6.07, 6.45) is 1.96. The van der Waals surface area contributed by atoms with E-state index in [0.29, 0.717) is 21.9 Å². The van der Waals surface area contributed by atoms with Crippen molar-refractivity contribution in [2.75, 3.05) is 17.3 Å². The van der Waals surface area contributed by atoms with Crippen LogP contribution in [0.1, 0.15) is 11.5 Å². The van der Waals surface area contributed by atoms with E-state index >= 15 is 0 Å². The topological polar surface area (TPSA) is 68.0 Å². The first-order valence-electron chi connectivity index (χ1n) is 6.08. The van der Waals surface area contributed by atoms with Crippen LogP contribution in [0, 0.1) is 6.92 Å². The predicted octanol–water partition coefficient (Wildman–Crippen LogP) is 3.63. The van der Waals surface area contributed by atoms with Crippen LogP contribution in [0.3, 0.4) is 0 Å². The van der Waals surface area contributed by atoms with Gasteiger partial charge in [-0.2, -0.15) is 11.8 Å². The molecule has 1 aromatic heterocycles. The molecule has 2 rings (SSSR count). The van der Waals surface area contributed by atoms with Crippen molar-refractivity contribution in [3.8, 4) is 0 Å². The summed E-state index contributed by atoms with van der Waals surface area (Å²) in [7, 11) is 0. The Balaban J connectivity index is 1.86. The van der Waals surface area contributed by atoms with E-state index < -0.39 is 0 Å². The van der Waals surface area contributed by atoms with Crippen molar-refractivity contribution in [2.45, 2.75) is 17.9 Å². The molecule has 8 heteroatoms. The quantitative estimate of drug-likeness (QED) is 0.808. The third kappa shape index (κ3) is 4.94. The molecule has 0 aliphatic rings. The van der Waals surface area contributed by atoms with Crippen LogP contribution in [0.25, 0.3) is 0 Å². The maximum absolute atomic E-state index is 11.9. The Kier molecular flexibility index (Phi) is 5.96. The number of anilines is 1. The molecule has 0 saturated heterocycles. The van der Waals surface area contributed by atoms with Crippen LogP contribution in [-0.2, 0) is 10.5 Å². The van der Waals surface area contributed by atoms with Crippen LogP contribution in [0.2, 0.25) is 5.02 Å². The number of amides is 1. The molecule has 0 atom stereocenters. The van der Waals surface area contributed by atoms with E-state index in [1.165, 1.54) is 11.8 Å². The Morgan fingerprint density at radius 3 is 2.95 bits per heavy atom. The fourth-order valence-corrected chi connectivity index (χ4v) is 2.73. The summed E-state index contributed by atoms with van der Waals surface area (Å²) in [6.45, 7) is 1.89. The predicted molar refractivity (Wildman–Crippen MR) is 87.1 cm³/mol. The first-order valence-corrected chi connectivity index (χ1v) is 8.84. The largest absolute Gasteiger partial charge is 0.415 e. The highest BCUT2D eigenvalue weighted by molar-refractivity contribution is 7.99. The smallest absolute Gasteiger partial charge is 0.277 e. The van der Waals surface area contributed by atoms with Crippen molar-refractivity contribution in [1.29, 1.82) is 0 Å². The Labute approximate surface area is 136 Å². The van der Waals surface area contributed by atoms with E-state index in [4.69, 9.17) is 16.0 Å². The summed E-state index contributed by atoms with van der Waals surface area (Å²) in [4.78, 5) is 11.9. The number of benzene rings is 1. The fourth-order valence-electron chi connectivity index (χ4n) is 1.56. The number of halogens is 1. The molecule has 1 amide bonds. The Bertz CT molecular complexity index is 634. The summed E-state index contributed by atoms with van der Waals surface area (Å²) in [5.74, 6) is 1.32. The Hall–Kier alpha value is -1.18. The SMILES string of the molecule is CSCc1nnc(SCC(=O)Nc2ccc(Cl)cc2C)o1. The zero-order valence-electron chi connectivity index (χ0n) is 11.6. The highest BCUT2D eigenvalue weighted by Gasteiger charge is 2.10. The second-order valence-corrected chi connectivity index (χ2v) is 6.42. The lowest BCUT2D eigenvalue weighted by molar-refractivity contribution is -0.113. The van der Waals surface area contributed by atoms with Crippen LogP contribution in [0.5, 0.6) is 0 Å². The summed E-state index contributed by atoms with van der Waals surface area (Å²) in [5.41, 5.74) is 1.67. The van der Waals surface area contributed by atoms with Gasteiger partial charge in [0.25, 0.3) is 5.22 Å². The second kappa shape index (κ2) is 7.72. The van der Waals surface area contributed by atoms with Crippen molar-refractivity contribution < 1.29 is 9.21 Å². The van der Waals surface area contributed by atoms with Gasteiger partial charge in [0.1, 0.15) is 0 Å². The highest BCUT2D eigenvalue weighted by Crippen LogP contribution is 2.21. The number of hydrogen-bond acceptors (Lipinski definition) is 6. The number of nitrogens with zero attached hydrogens (tertiary/aromatic N) is 2. The van der Waals surface area contributed by atoms with Crippen molar-refractivity contribution >= 4 is 46.7 Å². The van der Waals surface area contributed by atoms with Crippen molar-refractivity contribution in [3.63, 3.8) is 0 Å². The molecule has 21 heavy (non-hydrogen) atoms. The second-order valence-electron chi connectivity index (χ2n) is 4.19. The number of carbonyl (C=O) groups excluding carboxylic acids is 1. The summed E-state index contributed by atoms with van der Waals surface area (Å²) < 4.78 is 5.39. The van der Waals surface area contributed by atoms with Gasteiger partial charge in [-0.3, -0.25) is 4.79 Å². The van der Waals surface area contributed by atoms with Gasteiger partial charge in [-0.25, -0.2) is 0 Å². The van der Waals surface area contributed by atoms with Gasteiger partial charge in [-0.05, 0) is 36.9 Å². The van der Waals surface area contributed by atoms with Gasteiger partial charge in [0.15, 0.2) is 0 Å². The van der Waals surface area contributed by atoms with Gasteiger partial charge < -0.3 is 9.73 Å². The maximum atomic E-state index is 11.9. The molecule has 0 fully saturated rings. The molecule has 0 saturated carbocycles. The summed E-state index contributed by atoms with van der Waals surface area (Å²) in [6, 6.07) is 5.32. The zero-order chi connectivity index (χ0) is 15.2. The Morgan fingerprint density at radius 2 is 2.24 bits per heavy atom. The minimum absolute atomic E-state index is 0.130. The maximum Gasteiger partial charge on any atom is 0.277 e. The third-order valence-corrected chi connectivity index (χ3v) is 4.09. The number of carbonyl (C=O) groups is 1. The van der Waals surface area contributed by atoms with Crippen molar-refractivity contribution in [2.24, 2.45) is 0 Å². The molecule has 1 heterocycles. The van der Waals surface area contributed by atoms with Crippen LogP contribution in [0.15, 0.2) is 27.8 Å². The molecule has 0 unspecified atom stereocenters. The molecule has 1 N–H and O–H groups in total. The number of aryl methyl sites for hydroxylation is 1. The summed E-state index contributed by atoms with van der Waals surface area (Å²) in [5, 5.41) is 11.6. The lowest BCUT2D eigenvalue weighted by Crippen LogP contribution is -2.14. The van der Waals surface area contributed by atoms with Crippen LogP contribution >= 0.6 is 35.1 Å². The molecule has 0 bridgehead atoms. The van der Waals surface area contributed by atoms with Gasteiger partial charge in [-0.1, -0.05) is 23.4 Å². The van der Waals surface area contributed by atoms with E-state index in [9.17, 15) is 4.79 Å². The molecule has 1 aromatic carbocycles. The average molecular weight is 344 g/mol. The van der Waals surface area contributed by atoms with E-state index in [-0.39, 0.29) is 11.7 Å². The van der Waals surface area contributed by atoms with Gasteiger partial charge in [0, 0.05) is 10.7 Å². The van der Waals surface area contributed by atoms with Gasteiger partial charge in [0.05, 0.1) is 11.5 Å². The van der Waals surface area contributed by atoms with Crippen LogP contribution in [-0.4, -0.2) is 28.1 Å². The lowest BCUT2D eigenvalue weighted by Gasteiger charge is -2.07. The zero-order valence-corrected chi connectivity index (χ0v) is 13.9. The number of thioether (sulfide) groups is 2. The van der Waals surface area contributed by atoms with E-state index in [2.05, 4.69) is 15.5 Å². The molecule has 2 aromatic rings. The van der Waals surface area contributed by atoms with Gasteiger partial charge in [-0.15, -0.1) is 10.2 Å². The molecular weight excluding hydrogens is 330 g/mol. The average Bonchev–Trinajstić information content (AvgIpc) is 2.88. The molecule has 0 spiro atoms. The number of hydrogen-bond donors (Lipinski definition) is 1. The normalized spacial score (nSPS) is 10.6. The monoisotopic (exact) mass is 343 g/mol.